The molecule has 3 aromatic rings. The van der Waals surface area contributed by atoms with Gasteiger partial charge in [0.15, 0.2) is 5.96 Å². The molecule has 0 amide bonds. The fourth-order valence-corrected chi connectivity index (χ4v) is 2.91. The van der Waals surface area contributed by atoms with Crippen molar-refractivity contribution in [1.29, 1.82) is 0 Å². The Hall–Kier alpha value is -3.02. The molecule has 3 rings (SSSR count). The summed E-state index contributed by atoms with van der Waals surface area (Å²) >= 11 is 0. The lowest BCUT2D eigenvalue weighted by atomic mass is 9.94. The molecular formula is C23H30N4O2. The van der Waals surface area contributed by atoms with Gasteiger partial charge in [-0.2, -0.15) is 0 Å². The number of nitrogens with one attached hydrogen (secondary N) is 2. The van der Waals surface area contributed by atoms with Crippen LogP contribution in [0, 0.1) is 0 Å². The predicted octanol–water partition coefficient (Wildman–Crippen LogP) is 4.39. The third-order valence-electron chi connectivity index (χ3n) is 4.58. The van der Waals surface area contributed by atoms with E-state index in [9.17, 15) is 0 Å². The van der Waals surface area contributed by atoms with Gasteiger partial charge in [-0.3, -0.25) is 0 Å². The van der Waals surface area contributed by atoms with Crippen molar-refractivity contribution in [2.75, 3.05) is 13.7 Å². The highest BCUT2D eigenvalue weighted by Crippen LogP contribution is 2.23. The van der Waals surface area contributed by atoms with Crippen LogP contribution in [0.5, 0.6) is 5.75 Å². The highest BCUT2D eigenvalue weighted by Gasteiger charge is 2.19. The SMILES string of the molecule is CCNC(=NCc1ccc2cc(OC)ccc2c1)NCc1ncc(C(C)(C)C)o1. The van der Waals surface area contributed by atoms with Crippen LogP contribution in [0.4, 0.5) is 0 Å². The monoisotopic (exact) mass is 394 g/mol. The molecule has 0 aliphatic rings. The number of hydrogen-bond donors (Lipinski definition) is 2. The Bertz CT molecular complexity index is 986. The van der Waals surface area contributed by atoms with E-state index in [-0.39, 0.29) is 5.41 Å². The summed E-state index contributed by atoms with van der Waals surface area (Å²) in [6, 6.07) is 12.4. The van der Waals surface area contributed by atoms with E-state index in [0.717, 1.165) is 35.0 Å². The van der Waals surface area contributed by atoms with Gasteiger partial charge in [0.2, 0.25) is 5.89 Å². The van der Waals surface area contributed by atoms with Gasteiger partial charge >= 0.3 is 0 Å². The third kappa shape index (κ3) is 5.50. The van der Waals surface area contributed by atoms with Gasteiger partial charge in [0.25, 0.3) is 0 Å². The van der Waals surface area contributed by atoms with E-state index in [2.05, 4.69) is 60.7 Å². The van der Waals surface area contributed by atoms with Crippen molar-refractivity contribution in [2.24, 2.45) is 4.99 Å². The van der Waals surface area contributed by atoms with Gasteiger partial charge in [-0.25, -0.2) is 9.98 Å². The van der Waals surface area contributed by atoms with Crippen molar-refractivity contribution in [3.8, 4) is 5.75 Å². The fraction of sp³-hybridized carbons (Fsp3) is 0.391. The van der Waals surface area contributed by atoms with Crippen LogP contribution >= 0.6 is 0 Å². The van der Waals surface area contributed by atoms with Crippen molar-refractivity contribution in [3.05, 3.63) is 59.8 Å². The lowest BCUT2D eigenvalue weighted by Gasteiger charge is -2.13. The maximum absolute atomic E-state index is 5.84. The van der Waals surface area contributed by atoms with Gasteiger partial charge in [-0.1, -0.05) is 39.0 Å². The average molecular weight is 395 g/mol. The second-order valence-corrected chi connectivity index (χ2v) is 7.96. The standard InChI is InChI=1S/C23H30N4O2/c1-6-24-22(27-15-21-25-14-20(29-21)23(2,3)4)26-13-16-7-8-18-12-19(28-5)10-9-17(18)11-16/h7-12,14H,6,13,15H2,1-5H3,(H2,24,26,27). The Kier molecular flexibility index (Phi) is 6.42. The van der Waals surface area contributed by atoms with Crippen molar-refractivity contribution >= 4 is 16.7 Å². The van der Waals surface area contributed by atoms with E-state index >= 15 is 0 Å². The Labute approximate surface area is 172 Å². The van der Waals surface area contributed by atoms with Crippen LogP contribution in [0.1, 0.15) is 44.9 Å². The topological polar surface area (TPSA) is 71.7 Å². The van der Waals surface area contributed by atoms with Crippen molar-refractivity contribution < 1.29 is 9.15 Å². The molecule has 6 nitrogen and oxygen atoms in total. The van der Waals surface area contributed by atoms with Crippen molar-refractivity contribution in [3.63, 3.8) is 0 Å². The molecule has 1 heterocycles. The number of aliphatic imine (C=N–C) groups is 1. The van der Waals surface area contributed by atoms with Gasteiger partial charge in [-0.15, -0.1) is 0 Å². The maximum atomic E-state index is 5.84. The number of methoxy groups -OCH3 is 1. The Morgan fingerprint density at radius 2 is 1.86 bits per heavy atom. The number of hydrogen-bond acceptors (Lipinski definition) is 4. The van der Waals surface area contributed by atoms with Crippen LogP contribution in [-0.4, -0.2) is 24.6 Å². The number of nitrogens with zero attached hydrogens (tertiary/aromatic N) is 2. The van der Waals surface area contributed by atoms with E-state index in [0.29, 0.717) is 19.0 Å². The van der Waals surface area contributed by atoms with Crippen LogP contribution in [0.2, 0.25) is 0 Å². The quantitative estimate of drug-likeness (QED) is 0.479. The molecule has 0 atom stereocenters. The molecule has 29 heavy (non-hydrogen) atoms. The average Bonchev–Trinajstić information content (AvgIpc) is 3.19. The van der Waals surface area contributed by atoms with Crippen molar-refractivity contribution in [1.82, 2.24) is 15.6 Å². The molecule has 0 fully saturated rings. The van der Waals surface area contributed by atoms with E-state index in [1.165, 1.54) is 5.39 Å². The van der Waals surface area contributed by atoms with E-state index in [1.807, 2.05) is 19.1 Å². The summed E-state index contributed by atoms with van der Waals surface area (Å²) < 4.78 is 11.1. The summed E-state index contributed by atoms with van der Waals surface area (Å²) in [5, 5.41) is 8.88. The minimum atomic E-state index is -0.0516. The zero-order valence-electron chi connectivity index (χ0n) is 17.9. The van der Waals surface area contributed by atoms with Crippen LogP contribution in [0.15, 0.2) is 52.0 Å². The summed E-state index contributed by atoms with van der Waals surface area (Å²) in [7, 11) is 1.68. The molecule has 0 radical (unpaired) electrons. The summed E-state index contributed by atoms with van der Waals surface area (Å²) in [5.74, 6) is 3.13. The fourth-order valence-electron chi connectivity index (χ4n) is 2.91. The molecule has 2 aromatic carbocycles. The Balaban J connectivity index is 1.67. The molecule has 0 aliphatic carbocycles. The molecule has 0 spiro atoms. The van der Waals surface area contributed by atoms with Crippen LogP contribution in [0.3, 0.4) is 0 Å². The van der Waals surface area contributed by atoms with E-state index < -0.39 is 0 Å². The summed E-state index contributed by atoms with van der Waals surface area (Å²) in [5.41, 5.74) is 1.09. The number of rotatable bonds is 6. The first-order valence-corrected chi connectivity index (χ1v) is 9.93. The Morgan fingerprint density at radius 3 is 2.55 bits per heavy atom. The van der Waals surface area contributed by atoms with Gasteiger partial charge in [-0.05, 0) is 41.5 Å². The van der Waals surface area contributed by atoms with E-state index in [4.69, 9.17) is 14.1 Å². The second kappa shape index (κ2) is 8.99. The first kappa shape index (κ1) is 20.7. The molecule has 1 aromatic heterocycles. The molecule has 0 unspecified atom stereocenters. The molecule has 0 aliphatic heterocycles. The molecule has 0 saturated heterocycles. The smallest absolute Gasteiger partial charge is 0.213 e. The first-order valence-electron chi connectivity index (χ1n) is 9.93. The zero-order chi connectivity index (χ0) is 20.9. The molecule has 0 bridgehead atoms. The number of benzene rings is 2. The molecule has 154 valence electrons. The zero-order valence-corrected chi connectivity index (χ0v) is 17.9. The minimum Gasteiger partial charge on any atom is -0.497 e. The number of oxazole rings is 1. The van der Waals surface area contributed by atoms with Gasteiger partial charge in [0, 0.05) is 12.0 Å². The summed E-state index contributed by atoms with van der Waals surface area (Å²) in [6.45, 7) is 10.2. The largest absolute Gasteiger partial charge is 0.497 e. The Morgan fingerprint density at radius 1 is 1.10 bits per heavy atom. The number of aromatic nitrogens is 1. The van der Waals surface area contributed by atoms with Crippen molar-refractivity contribution in [2.45, 2.75) is 46.2 Å². The first-order chi connectivity index (χ1) is 13.9. The molecule has 0 saturated carbocycles. The van der Waals surface area contributed by atoms with Gasteiger partial charge in [0.05, 0.1) is 26.4 Å². The van der Waals surface area contributed by atoms with Gasteiger partial charge in [0.1, 0.15) is 11.5 Å². The van der Waals surface area contributed by atoms with Crippen LogP contribution in [0.25, 0.3) is 10.8 Å². The highest BCUT2D eigenvalue weighted by molar-refractivity contribution is 5.84. The number of fused-ring (bicyclic) bond motifs is 1. The number of ether oxygens (including phenoxy) is 1. The maximum Gasteiger partial charge on any atom is 0.213 e. The molecular weight excluding hydrogens is 364 g/mol. The highest BCUT2D eigenvalue weighted by atomic mass is 16.5. The van der Waals surface area contributed by atoms with Gasteiger partial charge < -0.3 is 19.8 Å². The molecule has 6 heteroatoms. The third-order valence-corrected chi connectivity index (χ3v) is 4.58. The predicted molar refractivity (Wildman–Crippen MR) is 117 cm³/mol. The summed E-state index contributed by atoms with van der Waals surface area (Å²) in [4.78, 5) is 9.05. The lowest BCUT2D eigenvalue weighted by Crippen LogP contribution is -2.36. The summed E-state index contributed by atoms with van der Waals surface area (Å²) in [6.07, 6.45) is 1.80. The van der Waals surface area contributed by atoms with Crippen LogP contribution < -0.4 is 15.4 Å². The van der Waals surface area contributed by atoms with Crippen LogP contribution in [-0.2, 0) is 18.5 Å². The number of guanidine groups is 1. The van der Waals surface area contributed by atoms with E-state index in [1.54, 1.807) is 13.3 Å². The lowest BCUT2D eigenvalue weighted by molar-refractivity contribution is 0.379. The minimum absolute atomic E-state index is 0.0516. The normalized spacial score (nSPS) is 12.2. The molecule has 2 N–H and O–H groups in total. The second-order valence-electron chi connectivity index (χ2n) is 7.96.